The standard InChI is InChI=1S/C15H28N4O2/c1-3-17-13-14(2)15(20)19(6-4-5-16)8-7-18-9-11-21-12-10-18/h14,17H,3-4,6-13H2,1-2H3. The largest absolute Gasteiger partial charge is 0.379 e. The Hall–Kier alpha value is -1.16. The number of hydrogen-bond acceptors (Lipinski definition) is 5. The lowest BCUT2D eigenvalue weighted by molar-refractivity contribution is -0.135. The SMILES string of the molecule is CCNCC(C)C(=O)N(CCC#N)CCN1CCOCC1. The minimum absolute atomic E-state index is 0.0478. The van der Waals surface area contributed by atoms with Gasteiger partial charge in [0.15, 0.2) is 0 Å². The van der Waals surface area contributed by atoms with Crippen molar-refractivity contribution in [1.82, 2.24) is 15.1 Å². The van der Waals surface area contributed by atoms with Crippen molar-refractivity contribution in [2.24, 2.45) is 5.92 Å². The lowest BCUT2D eigenvalue weighted by Crippen LogP contribution is -2.45. The summed E-state index contributed by atoms with van der Waals surface area (Å²) in [6, 6.07) is 2.13. The molecule has 0 radical (unpaired) electrons. The Kier molecular flexibility index (Phi) is 8.99. The van der Waals surface area contributed by atoms with Crippen LogP contribution in [0.4, 0.5) is 0 Å². The molecule has 0 aliphatic carbocycles. The summed E-state index contributed by atoms with van der Waals surface area (Å²) in [5, 5.41) is 12.0. The summed E-state index contributed by atoms with van der Waals surface area (Å²) in [4.78, 5) is 16.6. The van der Waals surface area contributed by atoms with E-state index in [2.05, 4.69) is 16.3 Å². The van der Waals surface area contributed by atoms with Gasteiger partial charge < -0.3 is 15.0 Å². The van der Waals surface area contributed by atoms with Crippen LogP contribution in [0.15, 0.2) is 0 Å². The molecule has 0 aromatic rings. The Morgan fingerprint density at radius 2 is 2.14 bits per heavy atom. The number of morpholine rings is 1. The Morgan fingerprint density at radius 1 is 1.43 bits per heavy atom. The molecule has 6 heteroatoms. The van der Waals surface area contributed by atoms with Crippen LogP contribution < -0.4 is 5.32 Å². The molecule has 1 unspecified atom stereocenters. The third-order valence-corrected chi connectivity index (χ3v) is 3.72. The summed E-state index contributed by atoms with van der Waals surface area (Å²) in [5.41, 5.74) is 0. The van der Waals surface area contributed by atoms with E-state index >= 15 is 0 Å². The van der Waals surface area contributed by atoms with Crippen molar-refractivity contribution < 1.29 is 9.53 Å². The lowest BCUT2D eigenvalue weighted by atomic mass is 10.1. The van der Waals surface area contributed by atoms with Crippen molar-refractivity contribution in [2.75, 3.05) is 59.0 Å². The van der Waals surface area contributed by atoms with Gasteiger partial charge in [0.2, 0.25) is 5.91 Å². The fourth-order valence-electron chi connectivity index (χ4n) is 2.36. The van der Waals surface area contributed by atoms with Crippen LogP contribution in [0, 0.1) is 17.2 Å². The molecule has 0 spiro atoms. The number of amides is 1. The number of nitriles is 1. The zero-order valence-electron chi connectivity index (χ0n) is 13.3. The highest BCUT2D eigenvalue weighted by Gasteiger charge is 2.21. The van der Waals surface area contributed by atoms with Crippen LogP contribution in [-0.2, 0) is 9.53 Å². The monoisotopic (exact) mass is 296 g/mol. The van der Waals surface area contributed by atoms with Crippen molar-refractivity contribution in [1.29, 1.82) is 5.26 Å². The van der Waals surface area contributed by atoms with E-state index in [9.17, 15) is 4.79 Å². The second-order valence-electron chi connectivity index (χ2n) is 5.40. The average molecular weight is 296 g/mol. The normalized spacial score (nSPS) is 17.2. The van der Waals surface area contributed by atoms with Gasteiger partial charge in [0, 0.05) is 45.2 Å². The molecule has 1 atom stereocenters. The van der Waals surface area contributed by atoms with Gasteiger partial charge in [-0.05, 0) is 6.54 Å². The summed E-state index contributed by atoms with van der Waals surface area (Å²) in [5.74, 6) is 0.0905. The number of ether oxygens (including phenoxy) is 1. The van der Waals surface area contributed by atoms with Crippen LogP contribution in [-0.4, -0.2) is 74.7 Å². The van der Waals surface area contributed by atoms with Crippen molar-refractivity contribution in [3.8, 4) is 6.07 Å². The Bertz CT molecular complexity index is 337. The highest BCUT2D eigenvalue weighted by atomic mass is 16.5. The zero-order chi connectivity index (χ0) is 15.5. The molecule has 1 heterocycles. The van der Waals surface area contributed by atoms with E-state index in [0.29, 0.717) is 26.1 Å². The van der Waals surface area contributed by atoms with Crippen LogP contribution in [0.5, 0.6) is 0 Å². The fraction of sp³-hybridized carbons (Fsp3) is 0.867. The molecule has 0 aromatic heterocycles. The third-order valence-electron chi connectivity index (χ3n) is 3.72. The van der Waals surface area contributed by atoms with E-state index in [4.69, 9.17) is 10.00 Å². The van der Waals surface area contributed by atoms with E-state index in [1.165, 1.54) is 0 Å². The summed E-state index contributed by atoms with van der Waals surface area (Å²) >= 11 is 0. The first-order chi connectivity index (χ1) is 10.2. The summed E-state index contributed by atoms with van der Waals surface area (Å²) < 4.78 is 5.33. The van der Waals surface area contributed by atoms with Gasteiger partial charge in [0.1, 0.15) is 0 Å². The fourth-order valence-corrected chi connectivity index (χ4v) is 2.36. The van der Waals surface area contributed by atoms with Gasteiger partial charge in [0.25, 0.3) is 0 Å². The lowest BCUT2D eigenvalue weighted by Gasteiger charge is -2.31. The maximum atomic E-state index is 12.5. The maximum Gasteiger partial charge on any atom is 0.226 e. The van der Waals surface area contributed by atoms with Crippen molar-refractivity contribution in [2.45, 2.75) is 20.3 Å². The Balaban J connectivity index is 2.45. The zero-order valence-corrected chi connectivity index (χ0v) is 13.3. The van der Waals surface area contributed by atoms with E-state index in [1.54, 1.807) is 0 Å². The highest BCUT2D eigenvalue weighted by molar-refractivity contribution is 5.78. The van der Waals surface area contributed by atoms with Gasteiger partial charge in [-0.15, -0.1) is 0 Å². The van der Waals surface area contributed by atoms with Gasteiger partial charge in [-0.1, -0.05) is 13.8 Å². The number of nitrogens with zero attached hydrogens (tertiary/aromatic N) is 3. The first-order valence-corrected chi connectivity index (χ1v) is 7.85. The van der Waals surface area contributed by atoms with Gasteiger partial charge in [-0.3, -0.25) is 9.69 Å². The van der Waals surface area contributed by atoms with Crippen LogP contribution >= 0.6 is 0 Å². The minimum atomic E-state index is -0.0478. The summed E-state index contributed by atoms with van der Waals surface area (Å²) in [6.07, 6.45) is 0.392. The molecule has 21 heavy (non-hydrogen) atoms. The van der Waals surface area contributed by atoms with E-state index in [-0.39, 0.29) is 11.8 Å². The predicted octanol–water partition coefficient (Wildman–Crippen LogP) is 0.306. The van der Waals surface area contributed by atoms with E-state index in [1.807, 2.05) is 18.7 Å². The molecule has 0 saturated carbocycles. The molecular formula is C15H28N4O2. The average Bonchev–Trinajstić information content (AvgIpc) is 2.53. The van der Waals surface area contributed by atoms with Gasteiger partial charge in [0.05, 0.1) is 25.7 Å². The molecule has 1 saturated heterocycles. The third kappa shape index (κ3) is 6.89. The van der Waals surface area contributed by atoms with E-state index in [0.717, 1.165) is 39.4 Å². The van der Waals surface area contributed by atoms with Crippen molar-refractivity contribution >= 4 is 5.91 Å². The smallest absolute Gasteiger partial charge is 0.226 e. The molecule has 1 rings (SSSR count). The van der Waals surface area contributed by atoms with Crippen molar-refractivity contribution in [3.05, 3.63) is 0 Å². The first-order valence-electron chi connectivity index (χ1n) is 7.85. The predicted molar refractivity (Wildman–Crippen MR) is 81.8 cm³/mol. The maximum absolute atomic E-state index is 12.5. The molecule has 1 amide bonds. The Morgan fingerprint density at radius 3 is 2.76 bits per heavy atom. The highest BCUT2D eigenvalue weighted by Crippen LogP contribution is 2.05. The number of carbonyl (C=O) groups excluding carboxylic acids is 1. The molecule has 120 valence electrons. The molecular weight excluding hydrogens is 268 g/mol. The second-order valence-corrected chi connectivity index (χ2v) is 5.40. The van der Waals surface area contributed by atoms with Crippen LogP contribution in [0.1, 0.15) is 20.3 Å². The number of hydrogen-bond donors (Lipinski definition) is 1. The van der Waals surface area contributed by atoms with Crippen LogP contribution in [0.2, 0.25) is 0 Å². The van der Waals surface area contributed by atoms with Gasteiger partial charge >= 0.3 is 0 Å². The van der Waals surface area contributed by atoms with Crippen LogP contribution in [0.25, 0.3) is 0 Å². The molecule has 1 aliphatic rings. The topological polar surface area (TPSA) is 68.6 Å². The second kappa shape index (κ2) is 10.6. The van der Waals surface area contributed by atoms with Crippen molar-refractivity contribution in [3.63, 3.8) is 0 Å². The molecule has 1 aliphatic heterocycles. The molecule has 1 N–H and O–H groups in total. The molecule has 1 fully saturated rings. The minimum Gasteiger partial charge on any atom is -0.379 e. The summed E-state index contributed by atoms with van der Waals surface area (Å²) in [7, 11) is 0. The molecule has 0 aromatic carbocycles. The molecule has 6 nitrogen and oxygen atoms in total. The quantitative estimate of drug-likeness (QED) is 0.663. The van der Waals surface area contributed by atoms with Gasteiger partial charge in [-0.2, -0.15) is 5.26 Å². The first kappa shape index (κ1) is 17.9. The number of nitrogens with one attached hydrogen (secondary N) is 1. The molecule has 0 bridgehead atoms. The van der Waals surface area contributed by atoms with Crippen LogP contribution in [0.3, 0.4) is 0 Å². The summed E-state index contributed by atoms with van der Waals surface area (Å²) in [6.45, 7) is 11.0. The number of carbonyl (C=O) groups is 1. The Labute approximate surface area is 128 Å². The number of rotatable bonds is 9. The van der Waals surface area contributed by atoms with E-state index < -0.39 is 0 Å². The van der Waals surface area contributed by atoms with Gasteiger partial charge in [-0.25, -0.2) is 0 Å².